The summed E-state index contributed by atoms with van der Waals surface area (Å²) in [6, 6.07) is 13.2. The largest absolute Gasteiger partial charge is 0.354 e. The molecule has 4 rings (SSSR count). The Labute approximate surface area is 160 Å². The van der Waals surface area contributed by atoms with E-state index in [2.05, 4.69) is 15.3 Å². The summed E-state index contributed by atoms with van der Waals surface area (Å²) in [5.74, 6) is 0.418. The third kappa shape index (κ3) is 3.06. The third-order valence-electron chi connectivity index (χ3n) is 4.65. The summed E-state index contributed by atoms with van der Waals surface area (Å²) in [5.41, 5.74) is 3.38. The van der Waals surface area contributed by atoms with Gasteiger partial charge in [0.1, 0.15) is 6.33 Å². The van der Waals surface area contributed by atoms with E-state index in [1.165, 1.54) is 6.33 Å². The highest BCUT2D eigenvalue weighted by atomic mass is 35.5. The average Bonchev–Trinajstić information content (AvgIpc) is 3.09. The molecule has 0 radical (unpaired) electrons. The predicted octanol–water partition coefficient (Wildman–Crippen LogP) is 4.78. The number of halogens is 1. The molecule has 1 aromatic heterocycles. The Morgan fingerprint density at radius 2 is 2.00 bits per heavy atom. The van der Waals surface area contributed by atoms with Crippen LogP contribution in [0.2, 0.25) is 5.02 Å². The standard InChI is InChI=1S/C19H16ClN5O2/c1-12-14(20)6-4-7-15(12)23-18-17(25(26)27)19(22-11-21-18)24-10-9-13-5-2-3-8-16(13)24/h2-8,11H,9-10H2,1H3,(H,21,22,23). The lowest BCUT2D eigenvalue weighted by molar-refractivity contribution is -0.383. The van der Waals surface area contributed by atoms with Crippen molar-refractivity contribution >= 4 is 40.3 Å². The van der Waals surface area contributed by atoms with E-state index in [9.17, 15) is 10.1 Å². The molecular formula is C19H16ClN5O2. The number of para-hydroxylation sites is 1. The maximum atomic E-state index is 11.9. The van der Waals surface area contributed by atoms with Crippen molar-refractivity contribution in [2.24, 2.45) is 0 Å². The summed E-state index contributed by atoms with van der Waals surface area (Å²) < 4.78 is 0. The van der Waals surface area contributed by atoms with Crippen LogP contribution in [0.3, 0.4) is 0 Å². The number of nitro groups is 1. The molecule has 0 aliphatic carbocycles. The highest BCUT2D eigenvalue weighted by molar-refractivity contribution is 6.31. The quantitative estimate of drug-likeness (QED) is 0.517. The van der Waals surface area contributed by atoms with Crippen molar-refractivity contribution in [2.45, 2.75) is 13.3 Å². The van der Waals surface area contributed by atoms with Crippen LogP contribution in [0.4, 0.5) is 28.7 Å². The van der Waals surface area contributed by atoms with Gasteiger partial charge < -0.3 is 10.2 Å². The number of nitrogens with zero attached hydrogens (tertiary/aromatic N) is 4. The van der Waals surface area contributed by atoms with Crippen LogP contribution >= 0.6 is 11.6 Å². The fraction of sp³-hybridized carbons (Fsp3) is 0.158. The van der Waals surface area contributed by atoms with Gasteiger partial charge in [-0.05, 0) is 42.7 Å². The Kier molecular flexibility index (Phi) is 4.37. The molecule has 0 unspecified atom stereocenters. The van der Waals surface area contributed by atoms with Crippen molar-refractivity contribution in [3.63, 3.8) is 0 Å². The van der Waals surface area contributed by atoms with Crippen molar-refractivity contribution in [3.05, 3.63) is 75.1 Å². The van der Waals surface area contributed by atoms with Crippen LogP contribution in [0.15, 0.2) is 48.8 Å². The lowest BCUT2D eigenvalue weighted by Gasteiger charge is -2.19. The van der Waals surface area contributed by atoms with E-state index >= 15 is 0 Å². The van der Waals surface area contributed by atoms with Crippen LogP contribution in [0, 0.1) is 17.0 Å². The lowest BCUT2D eigenvalue weighted by Crippen LogP contribution is -2.17. The molecule has 7 nitrogen and oxygen atoms in total. The summed E-state index contributed by atoms with van der Waals surface area (Å²) in [4.78, 5) is 21.7. The minimum absolute atomic E-state index is 0.139. The first-order valence-corrected chi connectivity index (χ1v) is 8.81. The van der Waals surface area contributed by atoms with Crippen LogP contribution in [-0.4, -0.2) is 21.4 Å². The summed E-state index contributed by atoms with van der Waals surface area (Å²) in [5, 5.41) is 15.5. The summed E-state index contributed by atoms with van der Waals surface area (Å²) in [6.07, 6.45) is 2.15. The zero-order chi connectivity index (χ0) is 19.0. The molecule has 0 spiro atoms. The second-order valence-corrected chi connectivity index (χ2v) is 6.63. The van der Waals surface area contributed by atoms with Crippen molar-refractivity contribution in [2.75, 3.05) is 16.8 Å². The fourth-order valence-corrected chi connectivity index (χ4v) is 3.43. The summed E-state index contributed by atoms with van der Waals surface area (Å²) >= 11 is 6.16. The van der Waals surface area contributed by atoms with Gasteiger partial charge in [0.25, 0.3) is 0 Å². The minimum atomic E-state index is -0.446. The second kappa shape index (κ2) is 6.85. The smallest absolute Gasteiger partial charge is 0.334 e. The number of benzene rings is 2. The Balaban J connectivity index is 1.80. The molecule has 0 fully saturated rings. The average molecular weight is 382 g/mol. The topological polar surface area (TPSA) is 84.2 Å². The van der Waals surface area contributed by atoms with Crippen molar-refractivity contribution in [1.82, 2.24) is 9.97 Å². The molecule has 2 aromatic carbocycles. The predicted molar refractivity (Wildman–Crippen MR) is 105 cm³/mol. The van der Waals surface area contributed by atoms with Crippen LogP contribution in [0.5, 0.6) is 0 Å². The molecule has 1 aliphatic heterocycles. The van der Waals surface area contributed by atoms with Gasteiger partial charge in [-0.15, -0.1) is 0 Å². The molecule has 2 heterocycles. The van der Waals surface area contributed by atoms with Gasteiger partial charge in [0, 0.05) is 22.9 Å². The van der Waals surface area contributed by atoms with E-state index in [4.69, 9.17) is 11.6 Å². The third-order valence-corrected chi connectivity index (χ3v) is 5.06. The molecule has 27 heavy (non-hydrogen) atoms. The number of rotatable bonds is 4. The number of aromatic nitrogens is 2. The number of nitrogens with one attached hydrogen (secondary N) is 1. The number of anilines is 4. The van der Waals surface area contributed by atoms with Crippen LogP contribution < -0.4 is 10.2 Å². The Morgan fingerprint density at radius 3 is 2.81 bits per heavy atom. The Bertz CT molecular complexity index is 1040. The van der Waals surface area contributed by atoms with Gasteiger partial charge in [-0.25, -0.2) is 9.97 Å². The molecular weight excluding hydrogens is 366 g/mol. The molecule has 136 valence electrons. The van der Waals surface area contributed by atoms with Gasteiger partial charge in [-0.3, -0.25) is 10.1 Å². The molecule has 0 amide bonds. The first-order valence-electron chi connectivity index (χ1n) is 8.43. The zero-order valence-electron chi connectivity index (χ0n) is 14.5. The summed E-state index contributed by atoms with van der Waals surface area (Å²) in [6.45, 7) is 2.47. The molecule has 0 bridgehead atoms. The first-order chi connectivity index (χ1) is 13.1. The molecule has 1 N–H and O–H groups in total. The van der Waals surface area contributed by atoms with E-state index in [0.29, 0.717) is 17.3 Å². The molecule has 1 aliphatic rings. The highest BCUT2D eigenvalue weighted by Gasteiger charge is 2.31. The first kappa shape index (κ1) is 17.2. The number of fused-ring (bicyclic) bond motifs is 1. The SMILES string of the molecule is Cc1c(Cl)cccc1Nc1ncnc(N2CCc3ccccc32)c1[N+](=O)[O-]. The van der Waals surface area contributed by atoms with E-state index in [-0.39, 0.29) is 17.3 Å². The highest BCUT2D eigenvalue weighted by Crippen LogP contribution is 2.41. The zero-order valence-corrected chi connectivity index (χ0v) is 15.3. The Morgan fingerprint density at radius 1 is 1.19 bits per heavy atom. The van der Waals surface area contributed by atoms with Crippen LogP contribution in [0.25, 0.3) is 0 Å². The van der Waals surface area contributed by atoms with Crippen LogP contribution in [-0.2, 0) is 6.42 Å². The maximum Gasteiger partial charge on any atom is 0.354 e. The Hall–Kier alpha value is -3.19. The van der Waals surface area contributed by atoms with Crippen molar-refractivity contribution in [1.29, 1.82) is 0 Å². The monoisotopic (exact) mass is 381 g/mol. The van der Waals surface area contributed by atoms with Gasteiger partial charge in [0.15, 0.2) is 0 Å². The normalized spacial score (nSPS) is 12.7. The van der Waals surface area contributed by atoms with Gasteiger partial charge in [0.2, 0.25) is 11.6 Å². The number of hydrogen-bond donors (Lipinski definition) is 1. The van der Waals surface area contributed by atoms with E-state index < -0.39 is 4.92 Å². The van der Waals surface area contributed by atoms with Gasteiger partial charge in [-0.2, -0.15) is 0 Å². The van der Waals surface area contributed by atoms with Crippen LogP contribution in [0.1, 0.15) is 11.1 Å². The van der Waals surface area contributed by atoms with Gasteiger partial charge in [0.05, 0.1) is 4.92 Å². The number of hydrogen-bond acceptors (Lipinski definition) is 6. The molecule has 0 saturated carbocycles. The molecule has 0 saturated heterocycles. The summed E-state index contributed by atoms with van der Waals surface area (Å²) in [7, 11) is 0. The second-order valence-electron chi connectivity index (χ2n) is 6.22. The maximum absolute atomic E-state index is 11.9. The van der Waals surface area contributed by atoms with Gasteiger partial charge >= 0.3 is 5.69 Å². The van der Waals surface area contributed by atoms with Crippen molar-refractivity contribution in [3.8, 4) is 0 Å². The lowest BCUT2D eigenvalue weighted by atomic mass is 10.2. The van der Waals surface area contributed by atoms with Gasteiger partial charge in [-0.1, -0.05) is 35.9 Å². The molecule has 3 aromatic rings. The van der Waals surface area contributed by atoms with E-state index in [0.717, 1.165) is 23.2 Å². The fourth-order valence-electron chi connectivity index (χ4n) is 3.26. The molecule has 8 heteroatoms. The minimum Gasteiger partial charge on any atom is -0.334 e. The van der Waals surface area contributed by atoms with E-state index in [1.54, 1.807) is 18.2 Å². The van der Waals surface area contributed by atoms with E-state index in [1.807, 2.05) is 36.1 Å². The molecule has 0 atom stereocenters. The van der Waals surface area contributed by atoms with Crippen molar-refractivity contribution < 1.29 is 4.92 Å².